The molecule has 0 spiro atoms. The zero-order chi connectivity index (χ0) is 17.9. The number of rotatable bonds is 5. The lowest BCUT2D eigenvalue weighted by molar-refractivity contribution is 0.405. The fraction of sp³-hybridized carbons (Fsp3) is 0.0952. The molecule has 2 heterocycles. The summed E-state index contributed by atoms with van der Waals surface area (Å²) in [5, 5.41) is 6.59. The quantitative estimate of drug-likeness (QED) is 0.493. The van der Waals surface area contributed by atoms with Crippen LogP contribution in [-0.4, -0.2) is 19.2 Å². The first kappa shape index (κ1) is 16.4. The number of benzene rings is 2. The third-order valence-corrected chi connectivity index (χ3v) is 5.04. The van der Waals surface area contributed by atoms with Crippen molar-refractivity contribution < 1.29 is 9.47 Å². The molecule has 0 amide bonds. The third kappa shape index (κ3) is 3.09. The Bertz CT molecular complexity index is 1040. The van der Waals surface area contributed by atoms with Crippen molar-refractivity contribution >= 4 is 32.9 Å². The monoisotopic (exact) mass is 362 g/mol. The van der Waals surface area contributed by atoms with Crippen molar-refractivity contribution in [3.05, 3.63) is 66.0 Å². The maximum Gasteiger partial charge on any atom is 0.142 e. The van der Waals surface area contributed by atoms with Crippen molar-refractivity contribution in [1.82, 2.24) is 4.98 Å². The van der Waals surface area contributed by atoms with Gasteiger partial charge in [-0.15, -0.1) is 11.3 Å². The topological polar surface area (TPSA) is 43.4 Å². The first-order valence-electron chi connectivity index (χ1n) is 8.21. The summed E-state index contributed by atoms with van der Waals surface area (Å²) in [6.07, 6.45) is 0. The molecule has 0 saturated carbocycles. The summed E-state index contributed by atoms with van der Waals surface area (Å²) in [7, 11) is 3.30. The average Bonchev–Trinajstić information content (AvgIpc) is 3.17. The molecule has 4 nitrogen and oxygen atoms in total. The van der Waals surface area contributed by atoms with Crippen LogP contribution in [0.4, 0.5) is 11.5 Å². The summed E-state index contributed by atoms with van der Waals surface area (Å²) in [6.45, 7) is 0. The van der Waals surface area contributed by atoms with Crippen molar-refractivity contribution in [2.45, 2.75) is 0 Å². The van der Waals surface area contributed by atoms with Gasteiger partial charge >= 0.3 is 0 Å². The summed E-state index contributed by atoms with van der Waals surface area (Å²) >= 11 is 1.70. The molecule has 0 atom stereocenters. The number of aromatic nitrogens is 1. The van der Waals surface area contributed by atoms with Crippen LogP contribution in [0, 0.1) is 0 Å². The highest BCUT2D eigenvalue weighted by Crippen LogP contribution is 2.36. The summed E-state index contributed by atoms with van der Waals surface area (Å²) in [5.41, 5.74) is 2.84. The molecule has 0 unspecified atom stereocenters. The highest BCUT2D eigenvalue weighted by Gasteiger charge is 2.12. The van der Waals surface area contributed by atoms with Gasteiger partial charge in [-0.1, -0.05) is 30.3 Å². The van der Waals surface area contributed by atoms with Crippen molar-refractivity contribution in [3.8, 4) is 22.8 Å². The normalized spacial score (nSPS) is 10.7. The Morgan fingerprint density at radius 2 is 1.77 bits per heavy atom. The number of thiophene rings is 1. The molecule has 0 aliphatic heterocycles. The van der Waals surface area contributed by atoms with Gasteiger partial charge in [0.25, 0.3) is 0 Å². The molecule has 5 heteroatoms. The van der Waals surface area contributed by atoms with Crippen LogP contribution in [-0.2, 0) is 0 Å². The van der Waals surface area contributed by atoms with E-state index in [2.05, 4.69) is 35.0 Å². The smallest absolute Gasteiger partial charge is 0.142 e. The van der Waals surface area contributed by atoms with Gasteiger partial charge in [-0.05, 0) is 29.6 Å². The van der Waals surface area contributed by atoms with E-state index in [1.54, 1.807) is 25.6 Å². The van der Waals surface area contributed by atoms with Crippen molar-refractivity contribution in [3.63, 3.8) is 0 Å². The summed E-state index contributed by atoms with van der Waals surface area (Å²) in [6, 6.07) is 20.1. The fourth-order valence-electron chi connectivity index (χ4n) is 2.86. The molecule has 0 fully saturated rings. The van der Waals surface area contributed by atoms with Crippen molar-refractivity contribution in [2.75, 3.05) is 19.5 Å². The summed E-state index contributed by atoms with van der Waals surface area (Å²) in [4.78, 5) is 4.87. The predicted molar refractivity (Wildman–Crippen MR) is 108 cm³/mol. The van der Waals surface area contributed by atoms with Gasteiger partial charge in [-0.25, -0.2) is 4.98 Å². The zero-order valence-electron chi connectivity index (χ0n) is 14.5. The average molecular weight is 362 g/mol. The van der Waals surface area contributed by atoms with E-state index >= 15 is 0 Å². The Kier molecular flexibility index (Phi) is 4.46. The first-order chi connectivity index (χ1) is 12.8. The van der Waals surface area contributed by atoms with E-state index in [1.165, 1.54) is 4.70 Å². The van der Waals surface area contributed by atoms with Gasteiger partial charge in [0.1, 0.15) is 17.3 Å². The Hall–Kier alpha value is -3.05. The van der Waals surface area contributed by atoms with Gasteiger partial charge < -0.3 is 14.8 Å². The van der Waals surface area contributed by atoms with Crippen LogP contribution in [0.3, 0.4) is 0 Å². The van der Waals surface area contributed by atoms with Gasteiger partial charge in [0.05, 0.1) is 25.6 Å². The number of pyridine rings is 1. The zero-order valence-corrected chi connectivity index (χ0v) is 15.3. The molecular formula is C21H18N2O2S. The van der Waals surface area contributed by atoms with E-state index in [-0.39, 0.29) is 0 Å². The number of hydrogen-bond acceptors (Lipinski definition) is 5. The molecule has 0 radical (unpaired) electrons. The second kappa shape index (κ2) is 7.06. The molecule has 26 heavy (non-hydrogen) atoms. The van der Waals surface area contributed by atoms with E-state index in [1.807, 2.05) is 36.4 Å². The molecule has 130 valence electrons. The van der Waals surface area contributed by atoms with Crippen LogP contribution >= 0.6 is 11.3 Å². The maximum atomic E-state index is 5.48. The Morgan fingerprint density at radius 3 is 2.54 bits per heavy atom. The molecule has 0 bridgehead atoms. The molecule has 2 aromatic heterocycles. The van der Waals surface area contributed by atoms with Gasteiger partial charge in [0.2, 0.25) is 0 Å². The van der Waals surface area contributed by atoms with Crippen LogP contribution in [0.1, 0.15) is 0 Å². The highest BCUT2D eigenvalue weighted by molar-refractivity contribution is 7.17. The molecule has 0 saturated heterocycles. The maximum absolute atomic E-state index is 5.48. The van der Waals surface area contributed by atoms with Crippen LogP contribution in [0.5, 0.6) is 11.5 Å². The Morgan fingerprint density at radius 1 is 0.923 bits per heavy atom. The SMILES string of the molecule is COc1ccc(OC)c(Nc2nc(-c3ccccc3)cc3sccc23)c1. The van der Waals surface area contributed by atoms with E-state index < -0.39 is 0 Å². The minimum atomic E-state index is 0.737. The third-order valence-electron chi connectivity index (χ3n) is 4.18. The Balaban J connectivity index is 1.83. The largest absolute Gasteiger partial charge is 0.497 e. The molecule has 1 N–H and O–H groups in total. The van der Waals surface area contributed by atoms with E-state index in [0.29, 0.717) is 0 Å². The summed E-state index contributed by atoms with van der Waals surface area (Å²) < 4.78 is 12.0. The number of methoxy groups -OCH3 is 2. The number of hydrogen-bond donors (Lipinski definition) is 1. The van der Waals surface area contributed by atoms with Crippen LogP contribution in [0.2, 0.25) is 0 Å². The lowest BCUT2D eigenvalue weighted by Crippen LogP contribution is -1.99. The van der Waals surface area contributed by atoms with Gasteiger partial charge in [-0.2, -0.15) is 0 Å². The van der Waals surface area contributed by atoms with Crippen molar-refractivity contribution in [2.24, 2.45) is 0 Å². The second-order valence-corrected chi connectivity index (χ2v) is 6.69. The van der Waals surface area contributed by atoms with Gasteiger partial charge in [-0.3, -0.25) is 0 Å². The van der Waals surface area contributed by atoms with E-state index in [0.717, 1.165) is 39.6 Å². The second-order valence-electron chi connectivity index (χ2n) is 5.75. The number of anilines is 2. The summed E-state index contributed by atoms with van der Waals surface area (Å²) in [5.74, 6) is 2.30. The molecule has 0 aliphatic carbocycles. The fourth-order valence-corrected chi connectivity index (χ4v) is 3.68. The minimum Gasteiger partial charge on any atom is -0.497 e. The molecule has 4 aromatic rings. The predicted octanol–water partition coefficient (Wildman–Crippen LogP) is 5.72. The minimum absolute atomic E-state index is 0.737. The Labute approximate surface area is 156 Å². The number of nitrogens with one attached hydrogen (secondary N) is 1. The van der Waals surface area contributed by atoms with E-state index in [4.69, 9.17) is 14.5 Å². The van der Waals surface area contributed by atoms with E-state index in [9.17, 15) is 0 Å². The molecular weight excluding hydrogens is 344 g/mol. The number of nitrogens with zero attached hydrogens (tertiary/aromatic N) is 1. The number of fused-ring (bicyclic) bond motifs is 1. The standard InChI is InChI=1S/C21H18N2O2S/c1-24-15-8-9-19(25-2)18(12-15)23-21-16-10-11-26-20(16)13-17(22-21)14-6-4-3-5-7-14/h3-13H,1-2H3,(H,22,23). The van der Waals surface area contributed by atoms with Crippen molar-refractivity contribution in [1.29, 1.82) is 0 Å². The first-order valence-corrected chi connectivity index (χ1v) is 9.09. The van der Waals surface area contributed by atoms with Gasteiger partial charge in [0, 0.05) is 21.7 Å². The molecule has 4 rings (SSSR count). The van der Waals surface area contributed by atoms with Crippen LogP contribution < -0.4 is 14.8 Å². The highest BCUT2D eigenvalue weighted by atomic mass is 32.1. The molecule has 2 aromatic carbocycles. The molecule has 0 aliphatic rings. The number of ether oxygens (including phenoxy) is 2. The van der Waals surface area contributed by atoms with Crippen LogP contribution in [0.15, 0.2) is 66.0 Å². The lowest BCUT2D eigenvalue weighted by Gasteiger charge is -2.14. The van der Waals surface area contributed by atoms with Crippen LogP contribution in [0.25, 0.3) is 21.3 Å². The lowest BCUT2D eigenvalue weighted by atomic mass is 10.1. The van der Waals surface area contributed by atoms with Gasteiger partial charge in [0.15, 0.2) is 0 Å².